The van der Waals surface area contributed by atoms with Crippen molar-refractivity contribution in [3.63, 3.8) is 0 Å². The maximum atomic E-state index is 12.6. The van der Waals surface area contributed by atoms with Gasteiger partial charge in [-0.25, -0.2) is 0 Å². The molecule has 0 bridgehead atoms. The van der Waals surface area contributed by atoms with Crippen molar-refractivity contribution in [1.82, 2.24) is 5.32 Å². The van der Waals surface area contributed by atoms with Crippen LogP contribution in [0.25, 0.3) is 0 Å². The van der Waals surface area contributed by atoms with Gasteiger partial charge in [-0.1, -0.05) is 43.1 Å². The van der Waals surface area contributed by atoms with Crippen molar-refractivity contribution < 1.29 is 4.79 Å². The summed E-state index contributed by atoms with van der Waals surface area (Å²) in [6.45, 7) is 5.70. The Morgan fingerprint density at radius 2 is 2.00 bits per heavy atom. The van der Waals surface area contributed by atoms with Gasteiger partial charge in [0.1, 0.15) is 0 Å². The van der Waals surface area contributed by atoms with Crippen molar-refractivity contribution in [3.8, 4) is 0 Å². The fourth-order valence-corrected chi connectivity index (χ4v) is 3.01. The number of hydrogen-bond acceptors (Lipinski definition) is 2. The number of nitrogens with one attached hydrogen (secondary N) is 2. The predicted molar refractivity (Wildman–Crippen MR) is 79.8 cm³/mol. The highest BCUT2D eigenvalue weighted by atomic mass is 35.5. The number of benzene rings is 1. The molecule has 0 aromatic heterocycles. The molecule has 1 heterocycles. The largest absolute Gasteiger partial charge is 0.323 e. The van der Waals surface area contributed by atoms with E-state index >= 15 is 0 Å². The minimum Gasteiger partial charge on any atom is -0.323 e. The summed E-state index contributed by atoms with van der Waals surface area (Å²) in [4.78, 5) is 12.6. The van der Waals surface area contributed by atoms with E-state index in [4.69, 9.17) is 23.2 Å². The monoisotopic (exact) mass is 300 g/mol. The summed E-state index contributed by atoms with van der Waals surface area (Å²) >= 11 is 12.2. The van der Waals surface area contributed by atoms with E-state index < -0.39 is 0 Å². The Labute approximate surface area is 123 Å². The van der Waals surface area contributed by atoms with Gasteiger partial charge in [-0.2, -0.15) is 0 Å². The zero-order valence-corrected chi connectivity index (χ0v) is 12.6. The molecule has 0 radical (unpaired) electrons. The third-order valence-electron chi connectivity index (χ3n) is 3.95. The first kappa shape index (κ1) is 14.6. The highest BCUT2D eigenvalue weighted by Crippen LogP contribution is 2.37. The minimum atomic E-state index is -0.386. The third kappa shape index (κ3) is 2.73. The standard InChI is InChI=1S/C14H18Cl2N2O/c1-9(2)14(6-7-17-8-14)13(19)18-12-10(15)4-3-5-11(12)16/h3-5,9,17H,6-8H2,1-2H3,(H,18,19). The van der Waals surface area contributed by atoms with Crippen LogP contribution >= 0.6 is 23.2 Å². The molecule has 1 fully saturated rings. The molecule has 5 heteroatoms. The maximum absolute atomic E-state index is 12.6. The SMILES string of the molecule is CC(C)C1(C(=O)Nc2c(Cl)cccc2Cl)CCNC1. The summed E-state index contributed by atoms with van der Waals surface area (Å²) in [5, 5.41) is 7.09. The van der Waals surface area contributed by atoms with E-state index in [2.05, 4.69) is 24.5 Å². The molecule has 0 spiro atoms. The molecular weight excluding hydrogens is 283 g/mol. The third-order valence-corrected chi connectivity index (χ3v) is 4.58. The van der Waals surface area contributed by atoms with Crippen LogP contribution in [0.4, 0.5) is 5.69 Å². The second kappa shape index (κ2) is 5.70. The van der Waals surface area contributed by atoms with Gasteiger partial charge in [-0.15, -0.1) is 0 Å². The Balaban J connectivity index is 2.25. The molecule has 1 aromatic carbocycles. The van der Waals surface area contributed by atoms with Crippen LogP contribution in [0.5, 0.6) is 0 Å². The lowest BCUT2D eigenvalue weighted by atomic mass is 9.75. The van der Waals surface area contributed by atoms with Gasteiger partial charge in [0, 0.05) is 6.54 Å². The topological polar surface area (TPSA) is 41.1 Å². The fourth-order valence-electron chi connectivity index (χ4n) is 2.52. The summed E-state index contributed by atoms with van der Waals surface area (Å²) in [5.41, 5.74) is 0.116. The number of hydrogen-bond donors (Lipinski definition) is 2. The summed E-state index contributed by atoms with van der Waals surface area (Å²) in [6.07, 6.45) is 0.832. The summed E-state index contributed by atoms with van der Waals surface area (Å²) in [6, 6.07) is 5.20. The van der Waals surface area contributed by atoms with Gasteiger partial charge in [-0.05, 0) is 31.0 Å². The van der Waals surface area contributed by atoms with Gasteiger partial charge in [0.25, 0.3) is 0 Å². The van der Waals surface area contributed by atoms with Gasteiger partial charge >= 0.3 is 0 Å². The van der Waals surface area contributed by atoms with E-state index in [1.54, 1.807) is 18.2 Å². The number of carbonyl (C=O) groups is 1. The van der Waals surface area contributed by atoms with E-state index in [0.29, 0.717) is 22.3 Å². The van der Waals surface area contributed by atoms with Crippen LogP contribution in [0.2, 0.25) is 10.0 Å². The highest BCUT2D eigenvalue weighted by Gasteiger charge is 2.44. The first-order chi connectivity index (χ1) is 8.97. The predicted octanol–water partition coefficient (Wildman–Crippen LogP) is 3.57. The Bertz CT molecular complexity index is 462. The van der Waals surface area contributed by atoms with Crippen molar-refractivity contribution in [2.45, 2.75) is 20.3 Å². The van der Waals surface area contributed by atoms with E-state index in [1.165, 1.54) is 0 Å². The van der Waals surface area contributed by atoms with Gasteiger partial charge in [-0.3, -0.25) is 4.79 Å². The Morgan fingerprint density at radius 1 is 1.37 bits per heavy atom. The molecule has 1 amide bonds. The molecule has 1 unspecified atom stereocenters. The first-order valence-corrected chi connectivity index (χ1v) is 7.19. The lowest BCUT2D eigenvalue weighted by molar-refractivity contribution is -0.126. The summed E-state index contributed by atoms with van der Waals surface area (Å²) in [7, 11) is 0. The average Bonchev–Trinajstić information content (AvgIpc) is 2.84. The summed E-state index contributed by atoms with van der Waals surface area (Å²) in [5.74, 6) is 0.242. The molecule has 1 aliphatic heterocycles. The Kier molecular flexibility index (Phi) is 4.39. The van der Waals surface area contributed by atoms with Crippen LogP contribution in [0.15, 0.2) is 18.2 Å². The number of anilines is 1. The summed E-state index contributed by atoms with van der Waals surface area (Å²) < 4.78 is 0. The van der Waals surface area contributed by atoms with Crippen LogP contribution in [-0.2, 0) is 4.79 Å². The van der Waals surface area contributed by atoms with Crippen molar-refractivity contribution in [2.24, 2.45) is 11.3 Å². The maximum Gasteiger partial charge on any atom is 0.232 e. The number of carbonyl (C=O) groups excluding carboxylic acids is 1. The molecule has 1 aromatic rings. The van der Waals surface area contributed by atoms with Crippen LogP contribution < -0.4 is 10.6 Å². The molecule has 1 atom stereocenters. The van der Waals surface area contributed by atoms with E-state index in [0.717, 1.165) is 13.0 Å². The normalized spacial score (nSPS) is 22.8. The molecule has 3 nitrogen and oxygen atoms in total. The van der Waals surface area contributed by atoms with Gasteiger partial charge in [0.05, 0.1) is 21.1 Å². The first-order valence-electron chi connectivity index (χ1n) is 6.43. The molecule has 1 aliphatic rings. The molecule has 0 aliphatic carbocycles. The number of rotatable bonds is 3. The molecule has 2 N–H and O–H groups in total. The van der Waals surface area contributed by atoms with Crippen LogP contribution in [0.3, 0.4) is 0 Å². The second-order valence-electron chi connectivity index (χ2n) is 5.29. The van der Waals surface area contributed by atoms with Crippen molar-refractivity contribution in [2.75, 3.05) is 18.4 Å². The molecular formula is C14H18Cl2N2O. The molecule has 0 saturated carbocycles. The van der Waals surface area contributed by atoms with E-state index in [1.807, 2.05) is 0 Å². The van der Waals surface area contributed by atoms with Crippen LogP contribution in [-0.4, -0.2) is 19.0 Å². The minimum absolute atomic E-state index is 0.0116. The number of amides is 1. The van der Waals surface area contributed by atoms with Crippen molar-refractivity contribution >= 4 is 34.8 Å². The zero-order chi connectivity index (χ0) is 14.0. The van der Waals surface area contributed by atoms with E-state index in [-0.39, 0.29) is 17.2 Å². The smallest absolute Gasteiger partial charge is 0.232 e. The number of halogens is 2. The molecule has 19 heavy (non-hydrogen) atoms. The zero-order valence-electron chi connectivity index (χ0n) is 11.1. The fraction of sp³-hybridized carbons (Fsp3) is 0.500. The van der Waals surface area contributed by atoms with Crippen molar-refractivity contribution in [1.29, 1.82) is 0 Å². The van der Waals surface area contributed by atoms with Crippen molar-refractivity contribution in [3.05, 3.63) is 28.2 Å². The Morgan fingerprint density at radius 3 is 2.47 bits per heavy atom. The highest BCUT2D eigenvalue weighted by molar-refractivity contribution is 6.39. The lowest BCUT2D eigenvalue weighted by Crippen LogP contribution is -2.42. The van der Waals surface area contributed by atoms with Gasteiger partial charge < -0.3 is 10.6 Å². The quantitative estimate of drug-likeness (QED) is 0.896. The Hall–Kier alpha value is -0.770. The van der Waals surface area contributed by atoms with Gasteiger partial charge in [0.2, 0.25) is 5.91 Å². The molecule has 1 saturated heterocycles. The lowest BCUT2D eigenvalue weighted by Gasteiger charge is -2.31. The average molecular weight is 301 g/mol. The second-order valence-corrected chi connectivity index (χ2v) is 6.10. The molecule has 2 rings (SSSR count). The van der Waals surface area contributed by atoms with E-state index in [9.17, 15) is 4.79 Å². The van der Waals surface area contributed by atoms with Crippen LogP contribution in [0, 0.1) is 11.3 Å². The van der Waals surface area contributed by atoms with Gasteiger partial charge in [0.15, 0.2) is 0 Å². The van der Waals surface area contributed by atoms with Crippen LogP contribution in [0.1, 0.15) is 20.3 Å². The number of para-hydroxylation sites is 1. The molecule has 104 valence electrons.